The second-order valence-corrected chi connectivity index (χ2v) is 32.3. The molecule has 8 unspecified atom stereocenters. The minimum atomic E-state index is -2.32. The van der Waals surface area contributed by atoms with Crippen molar-refractivity contribution in [2.75, 3.05) is 33.7 Å². The number of rotatable bonds is 24. The summed E-state index contributed by atoms with van der Waals surface area (Å²) in [5, 5.41) is 119. The number of hydrogen-bond donors (Lipinski definition) is 20. The van der Waals surface area contributed by atoms with Crippen molar-refractivity contribution in [2.24, 2.45) is 23.1 Å². The normalized spacial score (nSPS) is 24.7. The Morgan fingerprint density at radius 1 is 0.621 bits per heavy atom. The summed E-state index contributed by atoms with van der Waals surface area (Å²) in [6.07, 6.45) is -14.9. The van der Waals surface area contributed by atoms with Crippen LogP contribution >= 0.6 is 46.4 Å². The third-order valence-corrected chi connectivity index (χ3v) is 22.7. The number of aliphatic hydroxyl groups is 5. The number of benzene rings is 7. The number of nitrogens with one attached hydrogen (secondary N) is 9. The minimum Gasteiger partial charge on any atom is -0.508 e. The Morgan fingerprint density at radius 3 is 1.90 bits per heavy atom. The molecule has 7 aliphatic rings. The fraction of sp³-hybridized carbons (Fsp3) is 0.412. The van der Waals surface area contributed by atoms with Crippen LogP contribution in [-0.4, -0.2) is 195 Å². The van der Waals surface area contributed by atoms with E-state index in [4.69, 9.17) is 91.0 Å². The van der Waals surface area contributed by atoms with Gasteiger partial charge in [0.1, 0.15) is 108 Å². The van der Waals surface area contributed by atoms with Crippen molar-refractivity contribution < 1.29 is 112 Å². The zero-order valence-corrected chi connectivity index (χ0v) is 70.9. The summed E-state index contributed by atoms with van der Waals surface area (Å²) in [6.45, 7) is 6.17. The van der Waals surface area contributed by atoms with Crippen LogP contribution in [0.15, 0.2) is 121 Å². The Morgan fingerprint density at radius 2 is 1.26 bits per heavy atom. The van der Waals surface area contributed by atoms with Crippen molar-refractivity contribution in [1.29, 1.82) is 0 Å². The Bertz CT molecular complexity index is 5040. The standard InChI is InChI=1S/C84H95Cl4N11O23.CH5N/c1-37(2)24-53(91-4)77(109)98-69-71(105)42-12-19-58(51(87)27-42)118-60-29-44-30-61(75(60)122-84-76(74(108)73(107)62(34-89)120-84)121-64-21-18-55(101)38(3)117-64)119-59-20-13-43(28-52(59)88)72(106)70-83(115)97-68(79(111)93-23-7-5-6-22-92-35-39-8-14-46(15-9-39)116-36-40-10-16-49(85)50(86)25-40)48-31-45(100)32-57(103)65(48)47-26-41(11-17-56(47)102)66(80(112)99-70)96-81(113)67(44)95-78(110)54(33-63(90)104)94-82(69)114;1-2/h8-17,19-20,25-32,37-38,53-55,62,64,66-74,76,84,91-92,100-103,105-108H,5-7,18,21-24,33-36,89H2,1-4H3,(H2,90,104)(H,93,111)(H,94,114)(H,95,110)(H,96,113)(H,97,115)(H,98,109)(H,99,112);2H2,1H3/t38?,53-,54+,55?,62?,64?,66-,67-,68-,69-,70+,71-,72-,73?,74?,76?,84?;/m1./s1. The van der Waals surface area contributed by atoms with Gasteiger partial charge in [-0.05, 0) is 177 Å². The molecule has 23 N–H and O–H groups in total. The zero-order chi connectivity index (χ0) is 89.7. The topological polar surface area (TPSA) is 549 Å². The van der Waals surface area contributed by atoms with Crippen LogP contribution in [0.1, 0.15) is 135 Å². The number of aromatic hydroxyl groups is 3. The van der Waals surface area contributed by atoms with Crippen molar-refractivity contribution in [3.05, 3.63) is 180 Å². The number of ether oxygens (including phenoxy) is 7. The highest BCUT2D eigenvalue weighted by Gasteiger charge is 2.50. The van der Waals surface area contributed by atoms with E-state index in [2.05, 4.69) is 53.6 Å². The molecule has 2 saturated heterocycles. The van der Waals surface area contributed by atoms with Gasteiger partial charge in [0.15, 0.2) is 23.9 Å². The fourth-order valence-electron chi connectivity index (χ4n) is 14.7. The van der Waals surface area contributed by atoms with Crippen molar-refractivity contribution in [2.45, 2.75) is 183 Å². The molecule has 2 fully saturated rings. The molecule has 17 atom stereocenters. The molecule has 7 aromatic rings. The first kappa shape index (κ1) is 94.3. The number of hydrogen-bond acceptors (Lipinski definition) is 27. The number of aliphatic hydroxyl groups excluding tert-OH is 5. The number of nitrogens with two attached hydrogens (primary N) is 3. The van der Waals surface area contributed by atoms with Gasteiger partial charge in [0.2, 0.25) is 59.3 Å². The quantitative estimate of drug-likeness (QED) is 0.0346. The van der Waals surface area contributed by atoms with Crippen molar-refractivity contribution >= 4 is 93.7 Å². The lowest BCUT2D eigenvalue weighted by Gasteiger charge is -2.44. The monoisotopic (exact) mass is 1800 g/mol. The van der Waals surface area contributed by atoms with Gasteiger partial charge in [-0.2, -0.15) is 0 Å². The molecule has 0 aliphatic carbocycles. The van der Waals surface area contributed by atoms with E-state index in [1.807, 2.05) is 44.2 Å². The number of fused-ring (bicyclic) bond motifs is 15. The van der Waals surface area contributed by atoms with E-state index < -0.39 is 210 Å². The first-order chi connectivity index (χ1) is 59.2. The SMILES string of the molecule is CN.CN[C@H](CC(C)C)C(=O)N[C@H]1C(=O)N[C@@H](CC(N)=O)C(=O)N[C@H]2C(=O)N[C@H]3C(=O)N[C@H](C(=O)N[C@@H](C(=O)NCCCCCNCc4ccc(OCc5ccc(Cl)c(Cl)c5)cc4)c4cc(O)cc(O)c4-c4cc3ccc4O)[C@H](O)c3ccc(c(Cl)c3)Oc3cc2cc(c3OC2OC(CN)C(O)C(O)C2OC2CCC(O)C(C)O2)Oc2ccc(cc2Cl)[C@H]1O. The second kappa shape index (κ2) is 42.5. The molecule has 0 aromatic heterocycles. The highest BCUT2D eigenvalue weighted by atomic mass is 35.5. The van der Waals surface area contributed by atoms with Crippen LogP contribution in [0.25, 0.3) is 11.1 Å². The maximum Gasteiger partial charge on any atom is 0.248 e. The average Bonchev–Trinajstić information content (AvgIpc) is 0.764. The summed E-state index contributed by atoms with van der Waals surface area (Å²) in [7, 11) is 2.99. The number of carbonyl (C=O) groups is 8. The molecule has 11 bridgehead atoms. The molecular formula is C85H100Cl4N12O23. The van der Waals surface area contributed by atoms with Crippen molar-refractivity contribution in [3.8, 4) is 62.9 Å². The number of phenols is 3. The Balaban J connectivity index is 0.00000743. The van der Waals surface area contributed by atoms with Crippen LogP contribution < -0.4 is 84.0 Å². The fourth-order valence-corrected chi connectivity index (χ4v) is 15.5. The predicted molar refractivity (Wildman–Crippen MR) is 452 cm³/mol. The lowest BCUT2D eigenvalue weighted by atomic mass is 9.89. The highest BCUT2D eigenvalue weighted by molar-refractivity contribution is 6.42. The number of carbonyl (C=O) groups excluding carboxylic acids is 8. The summed E-state index contributed by atoms with van der Waals surface area (Å²) >= 11 is 26.6. The van der Waals surface area contributed by atoms with Crippen LogP contribution in [0.2, 0.25) is 20.1 Å². The molecule has 124 heavy (non-hydrogen) atoms. The lowest BCUT2D eigenvalue weighted by Crippen LogP contribution is -2.62. The van der Waals surface area contributed by atoms with Gasteiger partial charge in [0.25, 0.3) is 0 Å². The van der Waals surface area contributed by atoms with Gasteiger partial charge in [-0.3, -0.25) is 38.4 Å². The first-order valence-electron chi connectivity index (χ1n) is 40.0. The van der Waals surface area contributed by atoms with Crippen LogP contribution in [0.4, 0.5) is 0 Å². The number of unbranched alkanes of at least 4 members (excludes halogenated alkanes) is 2. The van der Waals surface area contributed by atoms with Crippen LogP contribution in [-0.2, 0) is 65.7 Å². The molecule has 0 spiro atoms. The second-order valence-electron chi connectivity index (χ2n) is 30.6. The number of phenolic OH excluding ortho intramolecular Hbond substituents is 3. The Labute approximate surface area is 732 Å². The third kappa shape index (κ3) is 22.8. The largest absolute Gasteiger partial charge is 0.508 e. The Hall–Kier alpha value is -10.4. The van der Waals surface area contributed by atoms with Crippen molar-refractivity contribution in [3.63, 3.8) is 0 Å². The molecule has 14 rings (SSSR count). The van der Waals surface area contributed by atoms with Gasteiger partial charge < -0.3 is 139 Å². The van der Waals surface area contributed by atoms with Gasteiger partial charge in [0.05, 0.1) is 44.8 Å². The predicted octanol–water partition coefficient (Wildman–Crippen LogP) is 5.20. The van der Waals surface area contributed by atoms with Gasteiger partial charge in [-0.1, -0.05) is 103 Å². The molecule has 7 aliphatic heterocycles. The van der Waals surface area contributed by atoms with E-state index in [0.29, 0.717) is 48.1 Å². The summed E-state index contributed by atoms with van der Waals surface area (Å²) in [5.41, 5.74) is 16.1. The van der Waals surface area contributed by atoms with Gasteiger partial charge in [0, 0.05) is 43.2 Å². The van der Waals surface area contributed by atoms with Gasteiger partial charge in [-0.15, -0.1) is 0 Å². The number of amides is 8. The molecule has 0 saturated carbocycles. The first-order valence-corrected chi connectivity index (χ1v) is 41.5. The molecule has 7 heterocycles. The summed E-state index contributed by atoms with van der Waals surface area (Å²) in [6, 6.07) is 13.6. The molecule has 35 nitrogen and oxygen atoms in total. The Kier molecular flexibility index (Phi) is 32.3. The van der Waals surface area contributed by atoms with Crippen LogP contribution in [0.3, 0.4) is 0 Å². The summed E-state index contributed by atoms with van der Waals surface area (Å²) in [4.78, 5) is 121. The maximum atomic E-state index is 16.3. The van der Waals surface area contributed by atoms with Gasteiger partial charge >= 0.3 is 0 Å². The molecule has 0 radical (unpaired) electrons. The summed E-state index contributed by atoms with van der Waals surface area (Å²) in [5.74, 6) is -13.6. The summed E-state index contributed by atoms with van der Waals surface area (Å²) < 4.78 is 44.8. The number of halogens is 4. The van der Waals surface area contributed by atoms with Gasteiger partial charge in [-0.25, -0.2) is 0 Å². The highest BCUT2D eigenvalue weighted by Crippen LogP contribution is 2.50. The van der Waals surface area contributed by atoms with Crippen LogP contribution in [0, 0.1) is 5.92 Å². The van der Waals surface area contributed by atoms with Crippen molar-refractivity contribution in [1.82, 2.24) is 47.9 Å². The smallest absolute Gasteiger partial charge is 0.248 e. The van der Waals surface area contributed by atoms with Crippen LogP contribution in [0.5, 0.6) is 51.7 Å². The van der Waals surface area contributed by atoms with E-state index in [1.165, 1.54) is 44.4 Å². The van der Waals surface area contributed by atoms with E-state index in [9.17, 15) is 60.0 Å². The third-order valence-electron chi connectivity index (χ3n) is 21.3. The molecular weight excluding hydrogens is 1700 g/mol. The van der Waals surface area contributed by atoms with E-state index in [0.717, 1.165) is 59.7 Å². The average molecular weight is 1800 g/mol. The zero-order valence-electron chi connectivity index (χ0n) is 67.9. The molecule has 39 heteroatoms. The van der Waals surface area contributed by atoms with E-state index >= 15 is 19.2 Å². The number of likely N-dealkylation sites (N-methyl/N-ethyl adjacent to an activating group) is 1. The molecule has 7 aromatic carbocycles. The minimum absolute atomic E-state index is 0.00407. The van der Waals surface area contributed by atoms with E-state index in [-0.39, 0.29) is 87.7 Å². The lowest BCUT2D eigenvalue weighted by molar-refractivity contribution is -0.325. The molecule has 666 valence electrons. The molecule has 8 amide bonds. The number of primary amides is 1. The maximum absolute atomic E-state index is 16.3. The van der Waals surface area contributed by atoms with E-state index in [1.54, 1.807) is 19.1 Å².